The molecule has 0 bridgehead atoms. The SMILES string of the molecule is CCS(=O)(=O)c1c(NCC(F)(F)F)sc(C(=O)OC)c1N. The Labute approximate surface area is 123 Å². The fourth-order valence-corrected chi connectivity index (χ4v) is 4.00. The summed E-state index contributed by atoms with van der Waals surface area (Å²) in [6, 6.07) is 0. The number of carbonyl (C=O) groups excluding carboxylic acids is 1. The highest BCUT2D eigenvalue weighted by molar-refractivity contribution is 7.91. The number of rotatable bonds is 5. The van der Waals surface area contributed by atoms with Crippen molar-refractivity contribution in [1.29, 1.82) is 0 Å². The van der Waals surface area contributed by atoms with Crippen LogP contribution in [-0.4, -0.2) is 40.0 Å². The molecule has 0 radical (unpaired) electrons. The first kappa shape index (κ1) is 17.6. The first-order valence-electron chi connectivity index (χ1n) is 5.57. The van der Waals surface area contributed by atoms with Crippen molar-refractivity contribution < 1.29 is 31.1 Å². The number of nitrogens with two attached hydrogens (primary N) is 1. The Bertz CT molecular complexity index is 637. The van der Waals surface area contributed by atoms with Crippen LogP contribution in [0.2, 0.25) is 0 Å². The van der Waals surface area contributed by atoms with Crippen LogP contribution in [0.15, 0.2) is 4.90 Å². The molecule has 6 nitrogen and oxygen atoms in total. The molecule has 120 valence electrons. The average Bonchev–Trinajstić information content (AvgIpc) is 2.72. The minimum atomic E-state index is -4.54. The number of methoxy groups -OCH3 is 1. The number of hydrogen-bond acceptors (Lipinski definition) is 7. The van der Waals surface area contributed by atoms with E-state index in [1.165, 1.54) is 6.92 Å². The molecule has 0 saturated heterocycles. The number of sulfone groups is 1. The van der Waals surface area contributed by atoms with Gasteiger partial charge in [-0.25, -0.2) is 13.2 Å². The van der Waals surface area contributed by atoms with Gasteiger partial charge in [-0.15, -0.1) is 11.3 Å². The van der Waals surface area contributed by atoms with E-state index in [1.54, 1.807) is 0 Å². The van der Waals surface area contributed by atoms with Gasteiger partial charge in [-0.3, -0.25) is 0 Å². The van der Waals surface area contributed by atoms with Crippen molar-refractivity contribution in [2.45, 2.75) is 18.0 Å². The Kier molecular flexibility index (Phi) is 5.10. The molecule has 0 aromatic carbocycles. The number of alkyl halides is 3. The number of nitrogen functional groups attached to an aromatic ring is 1. The summed E-state index contributed by atoms with van der Waals surface area (Å²) in [6.45, 7) is -0.127. The van der Waals surface area contributed by atoms with Crippen molar-refractivity contribution in [3.05, 3.63) is 4.88 Å². The standard InChI is InChI=1S/C10H13F3N2O4S2/c1-3-21(17,18)7-5(14)6(9(16)19-2)20-8(7)15-4-10(11,12)13/h15H,3-4,14H2,1-2H3. The van der Waals surface area contributed by atoms with E-state index in [2.05, 4.69) is 4.74 Å². The lowest BCUT2D eigenvalue weighted by Crippen LogP contribution is -2.22. The molecule has 0 fully saturated rings. The number of nitrogens with one attached hydrogen (secondary N) is 1. The van der Waals surface area contributed by atoms with Crippen LogP contribution in [-0.2, 0) is 14.6 Å². The van der Waals surface area contributed by atoms with E-state index in [4.69, 9.17) is 5.73 Å². The minimum absolute atomic E-state index is 0.255. The molecule has 3 N–H and O–H groups in total. The fourth-order valence-electron chi connectivity index (χ4n) is 1.42. The first-order valence-corrected chi connectivity index (χ1v) is 8.04. The van der Waals surface area contributed by atoms with Crippen LogP contribution in [0.5, 0.6) is 0 Å². The summed E-state index contributed by atoms with van der Waals surface area (Å²) >= 11 is 0.512. The fraction of sp³-hybridized carbons (Fsp3) is 0.500. The molecule has 21 heavy (non-hydrogen) atoms. The van der Waals surface area contributed by atoms with Crippen LogP contribution >= 0.6 is 11.3 Å². The predicted molar refractivity (Wildman–Crippen MR) is 72.3 cm³/mol. The van der Waals surface area contributed by atoms with Crippen LogP contribution in [0.1, 0.15) is 16.6 Å². The highest BCUT2D eigenvalue weighted by atomic mass is 32.2. The third-order valence-electron chi connectivity index (χ3n) is 2.41. The maximum Gasteiger partial charge on any atom is 0.405 e. The molecule has 0 aliphatic rings. The van der Waals surface area contributed by atoms with E-state index < -0.39 is 39.1 Å². The number of hydrogen-bond donors (Lipinski definition) is 2. The number of anilines is 2. The second-order valence-electron chi connectivity index (χ2n) is 3.87. The summed E-state index contributed by atoms with van der Waals surface area (Å²) in [5, 5.41) is 1.63. The summed E-state index contributed by atoms with van der Waals surface area (Å²) in [6.07, 6.45) is -4.54. The molecule has 0 saturated carbocycles. The summed E-state index contributed by atoms with van der Waals surface area (Å²) in [5.74, 6) is -1.28. The van der Waals surface area contributed by atoms with Gasteiger partial charge in [0.1, 0.15) is 21.3 Å². The second-order valence-corrected chi connectivity index (χ2v) is 7.10. The van der Waals surface area contributed by atoms with Gasteiger partial charge in [0, 0.05) is 0 Å². The van der Waals surface area contributed by atoms with Crippen LogP contribution in [0.3, 0.4) is 0 Å². The van der Waals surface area contributed by atoms with Gasteiger partial charge < -0.3 is 15.8 Å². The van der Waals surface area contributed by atoms with Gasteiger partial charge in [0.2, 0.25) is 0 Å². The highest BCUT2D eigenvalue weighted by Gasteiger charge is 2.32. The quantitative estimate of drug-likeness (QED) is 0.790. The molecular weight excluding hydrogens is 333 g/mol. The maximum absolute atomic E-state index is 12.3. The zero-order valence-corrected chi connectivity index (χ0v) is 12.7. The van der Waals surface area contributed by atoms with Gasteiger partial charge in [-0.05, 0) is 0 Å². The van der Waals surface area contributed by atoms with E-state index in [-0.39, 0.29) is 15.6 Å². The lowest BCUT2D eigenvalue weighted by molar-refractivity contribution is -0.115. The number of ether oxygens (including phenoxy) is 1. The van der Waals surface area contributed by atoms with Crippen molar-refractivity contribution in [1.82, 2.24) is 0 Å². The molecule has 1 heterocycles. The molecule has 0 aliphatic heterocycles. The van der Waals surface area contributed by atoms with Gasteiger partial charge in [-0.2, -0.15) is 13.2 Å². The van der Waals surface area contributed by atoms with Gasteiger partial charge in [0.25, 0.3) is 0 Å². The lowest BCUT2D eigenvalue weighted by atomic mass is 10.4. The minimum Gasteiger partial charge on any atom is -0.465 e. The third-order valence-corrected chi connectivity index (χ3v) is 5.49. The Morgan fingerprint density at radius 1 is 1.43 bits per heavy atom. The molecule has 11 heteroatoms. The van der Waals surface area contributed by atoms with Crippen LogP contribution < -0.4 is 11.1 Å². The van der Waals surface area contributed by atoms with Gasteiger partial charge >= 0.3 is 12.1 Å². The smallest absolute Gasteiger partial charge is 0.405 e. The van der Waals surface area contributed by atoms with E-state index >= 15 is 0 Å². The Morgan fingerprint density at radius 2 is 2.00 bits per heavy atom. The van der Waals surface area contributed by atoms with E-state index in [0.717, 1.165) is 7.11 Å². The number of halogens is 3. The van der Waals surface area contributed by atoms with Crippen molar-refractivity contribution in [3.63, 3.8) is 0 Å². The summed E-state index contributed by atoms with van der Waals surface area (Å²) in [4.78, 5) is 10.7. The van der Waals surface area contributed by atoms with Gasteiger partial charge in [-0.1, -0.05) is 6.92 Å². The molecule has 0 aliphatic carbocycles. The molecule has 0 atom stereocenters. The molecule has 1 aromatic heterocycles. The molecule has 0 spiro atoms. The monoisotopic (exact) mass is 346 g/mol. The van der Waals surface area contributed by atoms with Crippen LogP contribution in [0.25, 0.3) is 0 Å². The summed E-state index contributed by atoms with van der Waals surface area (Å²) in [5.41, 5.74) is 5.19. The number of carbonyl (C=O) groups is 1. The largest absolute Gasteiger partial charge is 0.465 e. The van der Waals surface area contributed by atoms with E-state index in [1.807, 2.05) is 5.32 Å². The normalized spacial score (nSPS) is 12.2. The topological polar surface area (TPSA) is 98.5 Å². The molecule has 0 amide bonds. The average molecular weight is 346 g/mol. The maximum atomic E-state index is 12.3. The van der Waals surface area contributed by atoms with E-state index in [9.17, 15) is 26.4 Å². The Hall–Kier alpha value is -1.49. The third kappa shape index (κ3) is 4.00. The number of thiophene rings is 1. The summed E-state index contributed by atoms with van der Waals surface area (Å²) < 4.78 is 65.1. The Morgan fingerprint density at radius 3 is 2.43 bits per heavy atom. The van der Waals surface area contributed by atoms with Crippen molar-refractivity contribution >= 4 is 37.8 Å². The predicted octanol–water partition coefficient (Wildman–Crippen LogP) is 1.88. The summed E-state index contributed by atoms with van der Waals surface area (Å²) in [7, 11) is -2.85. The van der Waals surface area contributed by atoms with Crippen molar-refractivity contribution in [3.8, 4) is 0 Å². The molecule has 1 rings (SSSR count). The second kappa shape index (κ2) is 6.10. The van der Waals surface area contributed by atoms with E-state index in [0.29, 0.717) is 11.3 Å². The molecular formula is C10H13F3N2O4S2. The van der Waals surface area contributed by atoms with Crippen LogP contribution in [0.4, 0.5) is 23.9 Å². The Balaban J connectivity index is 3.37. The molecule has 1 aromatic rings. The highest BCUT2D eigenvalue weighted by Crippen LogP contribution is 2.40. The molecule has 0 unspecified atom stereocenters. The van der Waals surface area contributed by atoms with Gasteiger partial charge in [0.15, 0.2) is 9.84 Å². The van der Waals surface area contributed by atoms with Crippen LogP contribution in [0, 0.1) is 0 Å². The lowest BCUT2D eigenvalue weighted by Gasteiger charge is -2.10. The van der Waals surface area contributed by atoms with Crippen molar-refractivity contribution in [2.24, 2.45) is 0 Å². The first-order chi connectivity index (χ1) is 9.53. The van der Waals surface area contributed by atoms with Gasteiger partial charge in [0.05, 0.1) is 18.6 Å². The number of esters is 1. The zero-order valence-electron chi connectivity index (χ0n) is 11.1. The zero-order chi connectivity index (χ0) is 16.4. The van der Waals surface area contributed by atoms with Crippen molar-refractivity contribution in [2.75, 3.05) is 30.5 Å².